The second-order valence-corrected chi connectivity index (χ2v) is 38.2. The van der Waals surface area contributed by atoms with Crippen LogP contribution in [0.3, 0.4) is 0 Å². The Morgan fingerprint density at radius 2 is 0.705 bits per heavy atom. The van der Waals surface area contributed by atoms with Crippen molar-refractivity contribution < 1.29 is 14.2 Å². The summed E-state index contributed by atoms with van der Waals surface area (Å²) in [7, 11) is 0. The Morgan fingerprint density at radius 1 is 0.348 bits per heavy atom. The quantitative estimate of drug-likeness (QED) is 0.0336. The van der Waals surface area contributed by atoms with Gasteiger partial charge in [0.05, 0.1) is 28.2 Å². The van der Waals surface area contributed by atoms with Crippen molar-refractivity contribution in [3.63, 3.8) is 0 Å². The molecule has 0 aliphatic heterocycles. The zero-order chi connectivity index (χ0) is 88.6. The molecule has 0 aliphatic carbocycles. The molecule has 0 saturated carbocycles. The van der Waals surface area contributed by atoms with Crippen molar-refractivity contribution in [3.05, 3.63) is 114 Å². The summed E-state index contributed by atoms with van der Waals surface area (Å²) in [5.41, 5.74) is 3.74. The largest absolute Gasteiger partial charge is 0.493 e. The van der Waals surface area contributed by atoms with Crippen LogP contribution in [0.2, 0.25) is 0 Å². The molecule has 5 nitrogen and oxygen atoms in total. The molecule has 0 amide bonds. The summed E-state index contributed by atoms with van der Waals surface area (Å²) >= 11 is 82.9. The Morgan fingerprint density at radius 3 is 0.946 bits per heavy atom. The number of aryl methyl sites for hydroxylation is 2. The number of ether oxygens (including phenoxy) is 3. The fraction of sp³-hybridized carbons (Fsp3) is 0.568. The molecule has 0 atom stereocenters. The predicted octanol–water partition coefficient (Wildman–Crippen LogP) is 32.7. The summed E-state index contributed by atoms with van der Waals surface area (Å²) in [5, 5.41) is 1.88. The van der Waals surface area contributed by atoms with Crippen molar-refractivity contribution >= 4 is 307 Å². The first-order chi connectivity index (χ1) is 52.6. The Kier molecular flexibility index (Phi) is 120. The number of nitrogens with zero attached hydrogens (tertiary/aromatic N) is 2. The third-order valence-electron chi connectivity index (χ3n) is 11.9. The van der Waals surface area contributed by atoms with E-state index >= 15 is 0 Å². The van der Waals surface area contributed by atoms with Crippen LogP contribution >= 0.6 is 231 Å². The van der Waals surface area contributed by atoms with Gasteiger partial charge in [-0.15, -0.1) is 11.8 Å². The molecule has 636 valence electrons. The van der Waals surface area contributed by atoms with E-state index < -0.39 is 0 Å². The molecule has 0 unspecified atom stereocenters. The maximum absolute atomic E-state index is 5.69. The highest BCUT2D eigenvalue weighted by molar-refractivity contribution is 8.24. The van der Waals surface area contributed by atoms with E-state index in [1.165, 1.54) is 53.9 Å². The minimum atomic E-state index is 0.601. The Labute approximate surface area is 786 Å². The number of benzene rings is 2. The van der Waals surface area contributed by atoms with Gasteiger partial charge in [-0.3, -0.25) is 0 Å². The van der Waals surface area contributed by atoms with E-state index in [9.17, 15) is 0 Å². The molecule has 0 bridgehead atoms. The van der Waals surface area contributed by atoms with Crippen LogP contribution in [0.4, 0.5) is 0 Å². The molecule has 4 rings (SSSR count). The van der Waals surface area contributed by atoms with Gasteiger partial charge in [0.2, 0.25) is 0 Å². The van der Waals surface area contributed by atoms with Crippen molar-refractivity contribution in [1.29, 1.82) is 0 Å². The van der Waals surface area contributed by atoms with Gasteiger partial charge in [0.15, 0.2) is 0 Å². The number of thiocarbonyl (C=S) groups is 16. The second-order valence-electron chi connectivity index (χ2n) is 24.1. The fourth-order valence-corrected chi connectivity index (χ4v) is 10.3. The molecular weight excluding hydrogens is 1740 g/mol. The van der Waals surface area contributed by atoms with Gasteiger partial charge in [0, 0.05) is 58.8 Å². The normalized spacial score (nSPS) is 8.98. The van der Waals surface area contributed by atoms with Crippen molar-refractivity contribution in [2.24, 2.45) is 0 Å². The molecule has 2 aromatic carbocycles. The molecule has 0 N–H and O–H groups in total. The first-order valence-corrected chi connectivity index (χ1v) is 47.8. The van der Waals surface area contributed by atoms with Gasteiger partial charge >= 0.3 is 0 Å². The van der Waals surface area contributed by atoms with E-state index in [4.69, 9.17) is 197 Å². The molecule has 0 spiro atoms. The summed E-state index contributed by atoms with van der Waals surface area (Å²) in [6.07, 6.45) is 25.2. The highest BCUT2D eigenvalue weighted by Crippen LogP contribution is 2.23. The summed E-state index contributed by atoms with van der Waals surface area (Å²) in [6, 6.07) is 28.3. The van der Waals surface area contributed by atoms with Crippen molar-refractivity contribution in [1.82, 2.24) is 9.97 Å². The summed E-state index contributed by atoms with van der Waals surface area (Å²) in [5.74, 6) is 0.896. The number of thioether (sulfide) groups is 3. The van der Waals surface area contributed by atoms with Crippen molar-refractivity contribution in [2.75, 3.05) is 39.3 Å². The second kappa shape index (κ2) is 102. The molecule has 2 heterocycles. The first kappa shape index (κ1) is 132. The Balaban J connectivity index is -0.000000130. The molecule has 2 aromatic heterocycles. The Bertz CT molecular complexity index is 3050. The van der Waals surface area contributed by atoms with Gasteiger partial charge in [-0.05, 0) is 280 Å². The topological polar surface area (TPSA) is 53.5 Å². The van der Waals surface area contributed by atoms with Gasteiger partial charge in [0.1, 0.15) is 15.8 Å². The number of aromatic nitrogens is 2. The fourth-order valence-electron chi connectivity index (χ4n) is 5.97. The summed E-state index contributed by atoms with van der Waals surface area (Å²) in [4.78, 5) is 22.1. The monoisotopic (exact) mass is 1880 g/mol. The third-order valence-corrected chi connectivity index (χ3v) is 19.1. The van der Waals surface area contributed by atoms with Crippen LogP contribution in [0.25, 0.3) is 0 Å². The average molecular weight is 1890 g/mol. The van der Waals surface area contributed by atoms with Crippen LogP contribution < -0.4 is 4.74 Å². The minimum absolute atomic E-state index is 0.601. The molecular formula is C88H142N2O3S19. The lowest BCUT2D eigenvalue weighted by atomic mass is 10.1. The zero-order valence-electron chi connectivity index (χ0n) is 73.1. The highest BCUT2D eigenvalue weighted by Gasteiger charge is 2.06. The molecule has 0 fully saturated rings. The number of rotatable bonds is 33. The van der Waals surface area contributed by atoms with Crippen LogP contribution in [0.15, 0.2) is 107 Å². The molecule has 0 radical (unpaired) electrons. The van der Waals surface area contributed by atoms with Crippen LogP contribution in [0.1, 0.15) is 299 Å². The van der Waals surface area contributed by atoms with Crippen molar-refractivity contribution in [2.45, 2.75) is 305 Å². The smallest absolute Gasteiger partial charge is 0.119 e. The van der Waals surface area contributed by atoms with E-state index in [1.54, 1.807) is 24.2 Å². The lowest BCUT2D eigenvalue weighted by molar-refractivity contribution is 0.188. The number of hydrogen-bond donors (Lipinski definition) is 0. The molecule has 4 aromatic rings. The predicted molar refractivity (Wildman–Crippen MR) is 582 cm³/mol. The van der Waals surface area contributed by atoms with E-state index in [0.29, 0.717) is 19.8 Å². The van der Waals surface area contributed by atoms with E-state index in [-0.39, 0.29) is 0 Å². The maximum Gasteiger partial charge on any atom is 0.119 e. The molecule has 24 heteroatoms. The van der Waals surface area contributed by atoms with Crippen LogP contribution in [-0.2, 0) is 22.3 Å². The lowest BCUT2D eigenvalue weighted by Crippen LogP contribution is -2.02. The lowest BCUT2D eigenvalue weighted by Gasteiger charge is -2.07. The standard InChI is InChI=1S/C16H17NOS2.C14H13NS2.2C7H12S2.C6H10S2.2C5H10OS.2C5H10S.C4H8S2.2C4H8S.C3H6S.C3H8/c1-2-13-6-8-14(9-7-13)18-12-10-16(19)20-15-5-3-4-11-17-15;1-2-11-6-8-12(9-7-11)14(16)17-13-5-3-4-10-15-13;1-3-7(9)5-4-6(2)8;1-3-4-7(9)5-6(2)8;1-3-6(8)4-5(2)7;2*1-3-6-4-5(2)7;2*1-3-4-5(2)6;1-3-4(5)6-2;2*1-3-4(2)5;1-3(2)4;1-3-2/h3-9,11H,2,10,12H2,1H3;3-10H,2H2,1H3;2*3-5H2,1-2H3;3-4H2,1-2H3;2*3-4H2,1-2H3;2*3-4H2,1-2H3;3H2,1-2H3;2*3H2,1-2H3;1-2H3;3H2,1-2H3. The molecule has 0 saturated heterocycles. The highest BCUT2D eigenvalue weighted by atomic mass is 32.2. The zero-order valence-corrected chi connectivity index (χ0v) is 88.6. The van der Waals surface area contributed by atoms with E-state index in [1.807, 2.05) is 145 Å². The van der Waals surface area contributed by atoms with Crippen molar-refractivity contribution in [3.8, 4) is 5.75 Å². The van der Waals surface area contributed by atoms with Crippen LogP contribution in [0, 0.1) is 0 Å². The molecule has 112 heavy (non-hydrogen) atoms. The molecule has 0 aliphatic rings. The van der Waals surface area contributed by atoms with Gasteiger partial charge in [-0.2, -0.15) is 0 Å². The average Bonchev–Trinajstić information content (AvgIpc) is 0.854. The Hall–Kier alpha value is -1.05. The first-order valence-electron chi connectivity index (χ1n) is 38.4. The van der Waals surface area contributed by atoms with Crippen LogP contribution in [0.5, 0.6) is 5.75 Å². The van der Waals surface area contributed by atoms with E-state index in [2.05, 4.69) is 142 Å². The summed E-state index contributed by atoms with van der Waals surface area (Å²) in [6.45, 7) is 53.8. The third kappa shape index (κ3) is 130. The number of hydrogen-bond acceptors (Lipinski definition) is 24. The van der Waals surface area contributed by atoms with Gasteiger partial charge in [0.25, 0.3) is 0 Å². The van der Waals surface area contributed by atoms with Gasteiger partial charge in [-0.25, -0.2) is 9.97 Å². The van der Waals surface area contributed by atoms with Gasteiger partial charge < -0.3 is 14.2 Å². The SMILES string of the molecule is CC(C)=S.CCC.CCC(=S)CC(C)=S.CCC(=S)CCC(C)=S.CCC(=S)SC.CCC(C)=S.CCC(C)=S.CCCC(=S)CC(C)=S.CCCC(C)=S.CCCC(C)=S.CCOCC(C)=S.CCOCC(C)=S.CCc1ccc(C(=S)Sc2ccccn2)cc1.CCc1ccc(OCCC(=S)Sc2ccccn2)cc1. The van der Waals surface area contributed by atoms with Gasteiger partial charge in [-0.1, -0.05) is 376 Å². The summed E-state index contributed by atoms with van der Waals surface area (Å²) < 4.78 is 18.5. The number of pyridine rings is 2. The van der Waals surface area contributed by atoms with Crippen LogP contribution in [-0.4, -0.2) is 125 Å². The maximum atomic E-state index is 5.69. The van der Waals surface area contributed by atoms with E-state index in [0.717, 1.165) is 213 Å². The minimum Gasteiger partial charge on any atom is -0.493 e.